The summed E-state index contributed by atoms with van der Waals surface area (Å²) in [5, 5.41) is 11.6. The Morgan fingerprint density at radius 2 is 2.10 bits per heavy atom. The quantitative estimate of drug-likeness (QED) is 0.790. The summed E-state index contributed by atoms with van der Waals surface area (Å²) in [6, 6.07) is 10.1. The average molecular weight is 302 g/mol. The van der Waals surface area contributed by atoms with Gasteiger partial charge in [0.2, 0.25) is 0 Å². The Kier molecular flexibility index (Phi) is 4.94. The van der Waals surface area contributed by atoms with Crippen LogP contribution in [-0.4, -0.2) is 16.5 Å². The fourth-order valence-electron chi connectivity index (χ4n) is 1.64. The topological polar surface area (TPSA) is 53.8 Å². The van der Waals surface area contributed by atoms with Crippen molar-refractivity contribution in [1.82, 2.24) is 4.98 Å². The van der Waals surface area contributed by atoms with E-state index in [1.54, 1.807) is 0 Å². The molecule has 3 nitrogen and oxygen atoms in total. The highest BCUT2D eigenvalue weighted by Crippen LogP contribution is 2.25. The molecular weight excluding hydrogens is 288 g/mol. The van der Waals surface area contributed by atoms with Gasteiger partial charge in [0.1, 0.15) is 5.01 Å². The van der Waals surface area contributed by atoms with Crippen LogP contribution < -0.4 is 0 Å². The lowest BCUT2D eigenvalue weighted by Gasteiger charge is -2.05. The second-order valence-electron chi connectivity index (χ2n) is 4.46. The van der Waals surface area contributed by atoms with Gasteiger partial charge < -0.3 is 0 Å². The van der Waals surface area contributed by atoms with Crippen LogP contribution in [0.15, 0.2) is 34.5 Å². The minimum atomic E-state index is -0.744. The first-order chi connectivity index (χ1) is 9.60. The first-order valence-electron chi connectivity index (χ1n) is 6.14. The van der Waals surface area contributed by atoms with Gasteiger partial charge in [0.25, 0.3) is 0 Å². The standard InChI is InChI=1S/C15H14N2OS2/c1-10-3-5-12(6-4-10)19-9-14(18)13(7-16)15-17-11(2)8-20-15/h3-6,8,13H,9H2,1-2H3/t13-/m0/s1. The fraction of sp³-hybridized carbons (Fsp3) is 0.267. The smallest absolute Gasteiger partial charge is 0.167 e. The summed E-state index contributed by atoms with van der Waals surface area (Å²) >= 11 is 2.83. The number of ketones is 1. The first-order valence-corrected chi connectivity index (χ1v) is 8.00. The molecule has 1 atom stereocenters. The second kappa shape index (κ2) is 6.69. The van der Waals surface area contributed by atoms with Crippen molar-refractivity contribution in [3.63, 3.8) is 0 Å². The molecule has 0 N–H and O–H groups in total. The number of Topliss-reactive ketones (excluding diaryl/α,β-unsaturated/α-hetero) is 1. The predicted octanol–water partition coefficient (Wildman–Crippen LogP) is 3.73. The van der Waals surface area contributed by atoms with Crippen LogP contribution in [0, 0.1) is 25.2 Å². The number of nitrogens with zero attached hydrogens (tertiary/aromatic N) is 2. The molecule has 0 aliphatic rings. The third-order valence-corrected chi connectivity index (χ3v) is 4.80. The molecule has 102 valence electrons. The summed E-state index contributed by atoms with van der Waals surface area (Å²) in [7, 11) is 0. The number of hydrogen-bond acceptors (Lipinski definition) is 5. The zero-order valence-corrected chi connectivity index (χ0v) is 12.9. The van der Waals surface area contributed by atoms with Gasteiger partial charge in [-0.2, -0.15) is 5.26 Å². The Morgan fingerprint density at radius 3 is 2.65 bits per heavy atom. The van der Waals surface area contributed by atoms with Crippen molar-refractivity contribution in [2.24, 2.45) is 0 Å². The number of thioether (sulfide) groups is 1. The van der Waals surface area contributed by atoms with Crippen LogP contribution in [0.1, 0.15) is 22.2 Å². The maximum Gasteiger partial charge on any atom is 0.167 e. The molecule has 0 saturated carbocycles. The SMILES string of the molecule is Cc1ccc(SCC(=O)[C@H](C#N)c2nc(C)cs2)cc1. The van der Waals surface area contributed by atoms with Gasteiger partial charge in [-0.25, -0.2) is 4.98 Å². The van der Waals surface area contributed by atoms with E-state index in [4.69, 9.17) is 0 Å². The predicted molar refractivity (Wildman–Crippen MR) is 82.1 cm³/mol. The van der Waals surface area contributed by atoms with E-state index < -0.39 is 5.92 Å². The van der Waals surface area contributed by atoms with E-state index in [2.05, 4.69) is 11.1 Å². The summed E-state index contributed by atoms with van der Waals surface area (Å²) in [6.07, 6.45) is 0. The Labute approximate surface area is 126 Å². The molecule has 0 spiro atoms. The molecule has 20 heavy (non-hydrogen) atoms. The molecule has 5 heteroatoms. The Balaban J connectivity index is 2.00. The van der Waals surface area contributed by atoms with E-state index >= 15 is 0 Å². The van der Waals surface area contributed by atoms with Crippen LogP contribution in [0.3, 0.4) is 0 Å². The number of carbonyl (C=O) groups excluding carboxylic acids is 1. The lowest BCUT2D eigenvalue weighted by atomic mass is 10.1. The van der Waals surface area contributed by atoms with Gasteiger partial charge in [0.15, 0.2) is 11.7 Å². The van der Waals surface area contributed by atoms with Crippen molar-refractivity contribution in [2.75, 3.05) is 5.75 Å². The number of nitriles is 1. The van der Waals surface area contributed by atoms with Crippen molar-refractivity contribution in [3.8, 4) is 6.07 Å². The van der Waals surface area contributed by atoms with Crippen LogP contribution in [0.2, 0.25) is 0 Å². The Morgan fingerprint density at radius 1 is 1.40 bits per heavy atom. The molecule has 0 amide bonds. The van der Waals surface area contributed by atoms with E-state index in [0.29, 0.717) is 10.8 Å². The van der Waals surface area contributed by atoms with Gasteiger partial charge in [-0.1, -0.05) is 17.7 Å². The number of hydrogen-bond donors (Lipinski definition) is 0. The molecule has 0 saturated heterocycles. The number of benzene rings is 1. The minimum absolute atomic E-state index is 0.0903. The zero-order chi connectivity index (χ0) is 14.5. The van der Waals surface area contributed by atoms with E-state index in [9.17, 15) is 10.1 Å². The molecule has 1 aromatic heterocycles. The van der Waals surface area contributed by atoms with Crippen LogP contribution in [0.5, 0.6) is 0 Å². The average Bonchev–Trinajstić information content (AvgIpc) is 2.85. The van der Waals surface area contributed by atoms with Crippen molar-refractivity contribution < 1.29 is 4.79 Å². The Bertz CT molecular complexity index is 641. The highest BCUT2D eigenvalue weighted by Gasteiger charge is 2.23. The molecule has 0 fully saturated rings. The molecule has 0 bridgehead atoms. The minimum Gasteiger partial charge on any atom is -0.297 e. The summed E-state index contributed by atoms with van der Waals surface area (Å²) in [6.45, 7) is 3.88. The number of aryl methyl sites for hydroxylation is 2. The molecule has 1 heterocycles. The molecule has 0 unspecified atom stereocenters. The van der Waals surface area contributed by atoms with Gasteiger partial charge in [0.05, 0.1) is 11.8 Å². The molecule has 0 aliphatic carbocycles. The highest BCUT2D eigenvalue weighted by molar-refractivity contribution is 8.00. The third-order valence-electron chi connectivity index (χ3n) is 2.74. The van der Waals surface area contributed by atoms with Crippen LogP contribution >= 0.6 is 23.1 Å². The zero-order valence-electron chi connectivity index (χ0n) is 11.3. The van der Waals surface area contributed by atoms with Crippen molar-refractivity contribution in [3.05, 3.63) is 45.9 Å². The van der Waals surface area contributed by atoms with Gasteiger partial charge in [-0.3, -0.25) is 4.79 Å². The summed E-state index contributed by atoms with van der Waals surface area (Å²) < 4.78 is 0. The van der Waals surface area contributed by atoms with Crippen LogP contribution in [0.4, 0.5) is 0 Å². The van der Waals surface area contributed by atoms with Gasteiger partial charge in [-0.15, -0.1) is 23.1 Å². The largest absolute Gasteiger partial charge is 0.297 e. The van der Waals surface area contributed by atoms with Crippen molar-refractivity contribution in [2.45, 2.75) is 24.7 Å². The number of aromatic nitrogens is 1. The highest BCUT2D eigenvalue weighted by atomic mass is 32.2. The third kappa shape index (κ3) is 3.69. The fourth-order valence-corrected chi connectivity index (χ4v) is 3.31. The second-order valence-corrected chi connectivity index (χ2v) is 6.40. The van der Waals surface area contributed by atoms with Gasteiger partial charge in [0, 0.05) is 16.0 Å². The normalized spacial score (nSPS) is 11.8. The lowest BCUT2D eigenvalue weighted by molar-refractivity contribution is -0.116. The van der Waals surface area contributed by atoms with Crippen molar-refractivity contribution in [1.29, 1.82) is 5.26 Å². The molecule has 2 aromatic rings. The van der Waals surface area contributed by atoms with E-state index in [1.165, 1.54) is 28.7 Å². The summed E-state index contributed by atoms with van der Waals surface area (Å²) in [5.41, 5.74) is 2.04. The van der Waals surface area contributed by atoms with E-state index in [0.717, 1.165) is 10.6 Å². The number of thiazole rings is 1. The first kappa shape index (κ1) is 14.8. The lowest BCUT2D eigenvalue weighted by Crippen LogP contribution is -2.13. The van der Waals surface area contributed by atoms with Crippen molar-refractivity contribution >= 4 is 28.9 Å². The molecule has 1 aromatic carbocycles. The van der Waals surface area contributed by atoms with Gasteiger partial charge in [-0.05, 0) is 26.0 Å². The van der Waals surface area contributed by atoms with Gasteiger partial charge >= 0.3 is 0 Å². The molecule has 0 radical (unpaired) electrons. The van der Waals surface area contributed by atoms with E-state index in [-0.39, 0.29) is 5.78 Å². The summed E-state index contributed by atoms with van der Waals surface area (Å²) in [4.78, 5) is 17.4. The summed E-state index contributed by atoms with van der Waals surface area (Å²) in [5.74, 6) is -0.543. The maximum absolute atomic E-state index is 12.1. The van der Waals surface area contributed by atoms with Crippen LogP contribution in [0.25, 0.3) is 0 Å². The molecule has 2 rings (SSSR count). The molecule has 0 aliphatic heterocycles. The maximum atomic E-state index is 12.1. The van der Waals surface area contributed by atoms with E-state index in [1.807, 2.05) is 43.5 Å². The van der Waals surface area contributed by atoms with Crippen LogP contribution in [-0.2, 0) is 4.79 Å². The Hall–Kier alpha value is -1.64. The number of rotatable bonds is 5. The number of carbonyl (C=O) groups is 1. The molecular formula is C15H14N2OS2. The monoisotopic (exact) mass is 302 g/mol.